The number of alkyl halides is 3. The summed E-state index contributed by atoms with van der Waals surface area (Å²) in [7, 11) is 0. The molecule has 7 heteroatoms. The Morgan fingerprint density at radius 3 is 2.81 bits per heavy atom. The van der Waals surface area contributed by atoms with Crippen LogP contribution in [0.4, 0.5) is 13.2 Å². The lowest BCUT2D eigenvalue weighted by Crippen LogP contribution is -2.35. The molecule has 1 unspecified atom stereocenters. The SMILES string of the molecule is NCC(c1cccc(OC(F)(F)F)c1)N1CCCOCC1. The molecule has 2 N–H and O–H groups in total. The van der Waals surface area contributed by atoms with Crippen molar-refractivity contribution in [2.75, 3.05) is 32.8 Å². The molecule has 0 saturated carbocycles. The molecule has 1 fully saturated rings. The lowest BCUT2D eigenvalue weighted by Gasteiger charge is -2.29. The summed E-state index contributed by atoms with van der Waals surface area (Å²) in [5.74, 6) is -0.218. The monoisotopic (exact) mass is 304 g/mol. The van der Waals surface area contributed by atoms with Crippen molar-refractivity contribution in [2.45, 2.75) is 18.8 Å². The average molecular weight is 304 g/mol. The van der Waals surface area contributed by atoms with Crippen LogP contribution in [0.5, 0.6) is 5.75 Å². The third-order valence-electron chi connectivity index (χ3n) is 3.40. The van der Waals surface area contributed by atoms with E-state index in [4.69, 9.17) is 10.5 Å². The second-order valence-corrected chi connectivity index (χ2v) is 4.87. The molecule has 0 aliphatic carbocycles. The van der Waals surface area contributed by atoms with Gasteiger partial charge < -0.3 is 15.2 Å². The van der Waals surface area contributed by atoms with Crippen LogP contribution in [0.3, 0.4) is 0 Å². The van der Waals surface area contributed by atoms with Gasteiger partial charge in [0, 0.05) is 32.3 Å². The first-order valence-corrected chi connectivity index (χ1v) is 6.87. The maximum absolute atomic E-state index is 12.3. The van der Waals surface area contributed by atoms with E-state index in [0.29, 0.717) is 26.3 Å². The summed E-state index contributed by atoms with van der Waals surface area (Å²) in [5, 5.41) is 0. The Hall–Kier alpha value is -1.31. The van der Waals surface area contributed by atoms with Gasteiger partial charge in [0.2, 0.25) is 0 Å². The van der Waals surface area contributed by atoms with Crippen LogP contribution < -0.4 is 10.5 Å². The Morgan fingerprint density at radius 1 is 1.29 bits per heavy atom. The van der Waals surface area contributed by atoms with Gasteiger partial charge in [-0.15, -0.1) is 13.2 Å². The minimum absolute atomic E-state index is 0.136. The van der Waals surface area contributed by atoms with Crippen molar-refractivity contribution in [3.63, 3.8) is 0 Å². The summed E-state index contributed by atoms with van der Waals surface area (Å²) in [4.78, 5) is 2.14. The molecule has 1 saturated heterocycles. The van der Waals surface area contributed by atoms with E-state index in [9.17, 15) is 13.2 Å². The molecule has 0 amide bonds. The predicted octanol–water partition coefficient (Wildman–Crippen LogP) is 2.31. The zero-order valence-corrected chi connectivity index (χ0v) is 11.6. The van der Waals surface area contributed by atoms with Crippen LogP contribution in [0.1, 0.15) is 18.0 Å². The van der Waals surface area contributed by atoms with Crippen molar-refractivity contribution < 1.29 is 22.6 Å². The molecule has 4 nitrogen and oxygen atoms in total. The molecule has 0 bridgehead atoms. The van der Waals surface area contributed by atoms with Gasteiger partial charge in [-0.05, 0) is 24.1 Å². The highest BCUT2D eigenvalue weighted by Gasteiger charge is 2.31. The Balaban J connectivity index is 2.15. The fraction of sp³-hybridized carbons (Fsp3) is 0.571. The molecule has 1 aliphatic heterocycles. The third kappa shape index (κ3) is 4.87. The summed E-state index contributed by atoms with van der Waals surface area (Å²) < 4.78 is 46.2. The Labute approximate surface area is 121 Å². The van der Waals surface area contributed by atoms with Gasteiger partial charge in [-0.25, -0.2) is 0 Å². The number of halogens is 3. The predicted molar refractivity (Wildman–Crippen MR) is 71.9 cm³/mol. The fourth-order valence-electron chi connectivity index (χ4n) is 2.49. The maximum Gasteiger partial charge on any atom is 0.573 e. The van der Waals surface area contributed by atoms with Crippen LogP contribution in [-0.2, 0) is 4.74 Å². The van der Waals surface area contributed by atoms with Gasteiger partial charge in [-0.3, -0.25) is 4.90 Å². The number of benzene rings is 1. The molecule has 118 valence electrons. The van der Waals surface area contributed by atoms with Crippen molar-refractivity contribution in [3.05, 3.63) is 29.8 Å². The molecule has 0 spiro atoms. The van der Waals surface area contributed by atoms with E-state index in [2.05, 4.69) is 9.64 Å². The molecule has 1 atom stereocenters. The van der Waals surface area contributed by atoms with Crippen molar-refractivity contribution >= 4 is 0 Å². The van der Waals surface area contributed by atoms with Crippen LogP contribution in [0.25, 0.3) is 0 Å². The normalized spacial score (nSPS) is 19.0. The smallest absolute Gasteiger partial charge is 0.406 e. The molecular weight excluding hydrogens is 285 g/mol. The van der Waals surface area contributed by atoms with Gasteiger partial charge in [-0.2, -0.15) is 0 Å². The number of ether oxygens (including phenoxy) is 2. The van der Waals surface area contributed by atoms with Crippen LogP contribution in [0, 0.1) is 0 Å². The van der Waals surface area contributed by atoms with Crippen molar-refractivity contribution in [3.8, 4) is 5.75 Å². The van der Waals surface area contributed by atoms with Gasteiger partial charge in [0.25, 0.3) is 0 Å². The lowest BCUT2D eigenvalue weighted by atomic mass is 10.0. The van der Waals surface area contributed by atoms with Crippen LogP contribution in [0.15, 0.2) is 24.3 Å². The van der Waals surface area contributed by atoms with E-state index in [-0.39, 0.29) is 11.8 Å². The number of hydrogen-bond acceptors (Lipinski definition) is 4. The van der Waals surface area contributed by atoms with Gasteiger partial charge in [-0.1, -0.05) is 12.1 Å². The number of nitrogens with zero attached hydrogens (tertiary/aromatic N) is 1. The molecule has 0 radical (unpaired) electrons. The molecule has 2 rings (SSSR count). The summed E-state index contributed by atoms with van der Waals surface area (Å²) in [6.45, 7) is 3.16. The van der Waals surface area contributed by atoms with Crippen molar-refractivity contribution in [1.82, 2.24) is 4.90 Å². The first kappa shape index (κ1) is 16.1. The molecule has 1 aromatic carbocycles. The summed E-state index contributed by atoms with van der Waals surface area (Å²) in [6.07, 6.45) is -3.80. The van der Waals surface area contributed by atoms with E-state index >= 15 is 0 Å². The molecule has 1 aliphatic rings. The summed E-state index contributed by atoms with van der Waals surface area (Å²) in [5.41, 5.74) is 6.54. The zero-order chi connectivity index (χ0) is 15.3. The van der Waals surface area contributed by atoms with Crippen LogP contribution in [0.2, 0.25) is 0 Å². The van der Waals surface area contributed by atoms with Crippen molar-refractivity contribution in [2.24, 2.45) is 5.73 Å². The highest BCUT2D eigenvalue weighted by atomic mass is 19.4. The van der Waals surface area contributed by atoms with E-state index in [1.54, 1.807) is 12.1 Å². The zero-order valence-electron chi connectivity index (χ0n) is 11.6. The van der Waals surface area contributed by atoms with Gasteiger partial charge in [0.1, 0.15) is 5.75 Å². The van der Waals surface area contributed by atoms with E-state index in [1.807, 2.05) is 0 Å². The van der Waals surface area contributed by atoms with Crippen LogP contribution in [-0.4, -0.2) is 44.1 Å². The second-order valence-electron chi connectivity index (χ2n) is 4.87. The molecule has 1 aromatic rings. The minimum atomic E-state index is -4.69. The lowest BCUT2D eigenvalue weighted by molar-refractivity contribution is -0.274. The van der Waals surface area contributed by atoms with E-state index in [0.717, 1.165) is 18.5 Å². The van der Waals surface area contributed by atoms with E-state index in [1.165, 1.54) is 12.1 Å². The molecule has 1 heterocycles. The van der Waals surface area contributed by atoms with Crippen LogP contribution >= 0.6 is 0 Å². The van der Waals surface area contributed by atoms with Gasteiger partial charge >= 0.3 is 6.36 Å². The topological polar surface area (TPSA) is 47.7 Å². The second kappa shape index (κ2) is 7.11. The largest absolute Gasteiger partial charge is 0.573 e. The Kier molecular flexibility index (Phi) is 5.44. The third-order valence-corrected chi connectivity index (χ3v) is 3.40. The quantitative estimate of drug-likeness (QED) is 0.927. The Morgan fingerprint density at radius 2 is 2.10 bits per heavy atom. The number of nitrogens with two attached hydrogens (primary N) is 1. The number of rotatable bonds is 4. The molecular formula is C14H19F3N2O2. The average Bonchev–Trinajstić information content (AvgIpc) is 2.67. The fourth-order valence-corrected chi connectivity index (χ4v) is 2.49. The molecule has 0 aromatic heterocycles. The minimum Gasteiger partial charge on any atom is -0.406 e. The summed E-state index contributed by atoms with van der Waals surface area (Å²) >= 11 is 0. The van der Waals surface area contributed by atoms with E-state index < -0.39 is 6.36 Å². The van der Waals surface area contributed by atoms with Gasteiger partial charge in [0.15, 0.2) is 0 Å². The summed E-state index contributed by atoms with van der Waals surface area (Å²) in [6, 6.07) is 5.87. The first-order valence-electron chi connectivity index (χ1n) is 6.87. The first-order chi connectivity index (χ1) is 9.99. The number of hydrogen-bond donors (Lipinski definition) is 1. The van der Waals surface area contributed by atoms with Crippen molar-refractivity contribution in [1.29, 1.82) is 0 Å². The highest BCUT2D eigenvalue weighted by molar-refractivity contribution is 5.31. The Bertz CT molecular complexity index is 446. The standard InChI is InChI=1S/C14H19F3N2O2/c15-14(16,17)21-12-4-1-3-11(9-12)13(10-18)19-5-2-7-20-8-6-19/h1,3-4,9,13H,2,5-8,10,18H2. The maximum atomic E-state index is 12.3. The highest BCUT2D eigenvalue weighted by Crippen LogP contribution is 2.28. The van der Waals surface area contributed by atoms with Gasteiger partial charge in [0.05, 0.1) is 6.61 Å². The molecule has 21 heavy (non-hydrogen) atoms.